The second-order valence-corrected chi connectivity index (χ2v) is 5.00. The summed E-state index contributed by atoms with van der Waals surface area (Å²) in [7, 11) is 0. The molecule has 0 aliphatic heterocycles. The highest BCUT2D eigenvalue weighted by Crippen LogP contribution is 2.27. The number of hydrogen-bond acceptors (Lipinski definition) is 0. The van der Waals surface area contributed by atoms with Crippen LogP contribution in [-0.2, 0) is 6.42 Å². The van der Waals surface area contributed by atoms with Crippen LogP contribution in [0.5, 0.6) is 0 Å². The Kier molecular flexibility index (Phi) is 3.93. The van der Waals surface area contributed by atoms with Gasteiger partial charge in [-0.25, -0.2) is 8.78 Å². The predicted octanol–water partition coefficient (Wildman–Crippen LogP) is 4.50. The van der Waals surface area contributed by atoms with Crippen molar-refractivity contribution in [2.45, 2.75) is 32.6 Å². The Morgan fingerprint density at radius 2 is 2.00 bits per heavy atom. The van der Waals surface area contributed by atoms with E-state index in [1.165, 1.54) is 18.6 Å². The molecule has 0 amide bonds. The standard InChI is InChI=1S/C15H18F2/c1-11-5-6-12(9-11)3-2-4-13-7-8-14(16)15(17)10-13/h5-8,10-12H,2-4,9H2,1H3. The van der Waals surface area contributed by atoms with Crippen LogP contribution in [0.3, 0.4) is 0 Å². The third-order valence-electron chi connectivity index (χ3n) is 3.41. The Hall–Kier alpha value is -1.18. The minimum absolute atomic E-state index is 0.676. The van der Waals surface area contributed by atoms with Crippen LogP contribution in [-0.4, -0.2) is 0 Å². The summed E-state index contributed by atoms with van der Waals surface area (Å²) >= 11 is 0. The van der Waals surface area contributed by atoms with Crippen LogP contribution >= 0.6 is 0 Å². The molecule has 0 bridgehead atoms. The lowest BCUT2D eigenvalue weighted by atomic mass is 9.97. The zero-order chi connectivity index (χ0) is 12.3. The van der Waals surface area contributed by atoms with Gasteiger partial charge in [0.25, 0.3) is 0 Å². The van der Waals surface area contributed by atoms with Gasteiger partial charge in [-0.15, -0.1) is 0 Å². The molecule has 2 unspecified atom stereocenters. The van der Waals surface area contributed by atoms with E-state index in [1.54, 1.807) is 6.07 Å². The van der Waals surface area contributed by atoms with E-state index < -0.39 is 11.6 Å². The molecule has 1 aliphatic rings. The third-order valence-corrected chi connectivity index (χ3v) is 3.41. The maximum Gasteiger partial charge on any atom is 0.159 e. The minimum atomic E-state index is -0.763. The summed E-state index contributed by atoms with van der Waals surface area (Å²) in [5.74, 6) is -0.128. The molecule has 0 nitrogen and oxygen atoms in total. The van der Waals surface area contributed by atoms with Gasteiger partial charge in [0.05, 0.1) is 0 Å². The Balaban J connectivity index is 1.78. The van der Waals surface area contributed by atoms with Gasteiger partial charge in [0.2, 0.25) is 0 Å². The van der Waals surface area contributed by atoms with Crippen LogP contribution in [0.2, 0.25) is 0 Å². The molecule has 0 saturated carbocycles. The van der Waals surface area contributed by atoms with E-state index in [0.29, 0.717) is 11.8 Å². The summed E-state index contributed by atoms with van der Waals surface area (Å²) in [5, 5.41) is 0. The number of aryl methyl sites for hydroxylation is 1. The summed E-state index contributed by atoms with van der Waals surface area (Å²) in [6.45, 7) is 2.23. The van der Waals surface area contributed by atoms with Gasteiger partial charge in [0, 0.05) is 0 Å². The molecule has 2 heteroatoms. The van der Waals surface area contributed by atoms with Gasteiger partial charge < -0.3 is 0 Å². The van der Waals surface area contributed by atoms with E-state index in [1.807, 2.05) is 0 Å². The molecule has 0 N–H and O–H groups in total. The van der Waals surface area contributed by atoms with Crippen molar-refractivity contribution in [2.24, 2.45) is 11.8 Å². The fourth-order valence-corrected chi connectivity index (χ4v) is 2.46. The second-order valence-electron chi connectivity index (χ2n) is 5.00. The molecule has 0 radical (unpaired) electrons. The van der Waals surface area contributed by atoms with Crippen LogP contribution < -0.4 is 0 Å². The Morgan fingerprint density at radius 3 is 2.65 bits per heavy atom. The Bertz CT molecular complexity index is 409. The quantitative estimate of drug-likeness (QED) is 0.675. The van der Waals surface area contributed by atoms with Crippen LogP contribution in [0, 0.1) is 23.5 Å². The smallest absolute Gasteiger partial charge is 0.159 e. The first-order valence-electron chi connectivity index (χ1n) is 6.27. The lowest BCUT2D eigenvalue weighted by Gasteiger charge is -2.08. The molecular formula is C15H18F2. The fourth-order valence-electron chi connectivity index (χ4n) is 2.46. The van der Waals surface area contributed by atoms with Crippen molar-refractivity contribution in [3.63, 3.8) is 0 Å². The maximum atomic E-state index is 13.0. The average molecular weight is 236 g/mol. The van der Waals surface area contributed by atoms with E-state index in [4.69, 9.17) is 0 Å². The maximum absolute atomic E-state index is 13.0. The van der Waals surface area contributed by atoms with Crippen molar-refractivity contribution in [3.05, 3.63) is 47.5 Å². The summed E-state index contributed by atoms with van der Waals surface area (Å²) in [6.07, 6.45) is 8.79. The molecule has 0 aromatic heterocycles. The Morgan fingerprint density at radius 1 is 1.18 bits per heavy atom. The van der Waals surface area contributed by atoms with Gasteiger partial charge in [-0.3, -0.25) is 0 Å². The van der Waals surface area contributed by atoms with Crippen molar-refractivity contribution in [3.8, 4) is 0 Å². The van der Waals surface area contributed by atoms with E-state index in [9.17, 15) is 8.78 Å². The summed E-state index contributed by atoms with van der Waals surface area (Å²) in [5.41, 5.74) is 0.888. The molecule has 17 heavy (non-hydrogen) atoms. The number of halogens is 2. The van der Waals surface area contributed by atoms with Gasteiger partial charge in [-0.2, -0.15) is 0 Å². The number of rotatable bonds is 4. The van der Waals surface area contributed by atoms with E-state index >= 15 is 0 Å². The molecule has 0 saturated heterocycles. The molecule has 0 heterocycles. The Labute approximate surface area is 101 Å². The van der Waals surface area contributed by atoms with Gasteiger partial charge in [-0.1, -0.05) is 25.1 Å². The lowest BCUT2D eigenvalue weighted by Crippen LogP contribution is -1.97. The van der Waals surface area contributed by atoms with Crippen molar-refractivity contribution in [1.82, 2.24) is 0 Å². The zero-order valence-electron chi connectivity index (χ0n) is 10.1. The van der Waals surface area contributed by atoms with Crippen LogP contribution in [0.25, 0.3) is 0 Å². The van der Waals surface area contributed by atoms with Crippen molar-refractivity contribution < 1.29 is 8.78 Å². The number of hydrogen-bond donors (Lipinski definition) is 0. The van der Waals surface area contributed by atoms with E-state index in [-0.39, 0.29) is 0 Å². The fraction of sp³-hybridized carbons (Fsp3) is 0.467. The van der Waals surface area contributed by atoms with Gasteiger partial charge in [0.15, 0.2) is 11.6 Å². The van der Waals surface area contributed by atoms with Gasteiger partial charge in [0.1, 0.15) is 0 Å². The van der Waals surface area contributed by atoms with Crippen LogP contribution in [0.4, 0.5) is 8.78 Å². The SMILES string of the molecule is CC1C=CC(CCCc2ccc(F)c(F)c2)C1. The largest absolute Gasteiger partial charge is 0.204 e. The van der Waals surface area contributed by atoms with Crippen LogP contribution in [0.15, 0.2) is 30.4 Å². The predicted molar refractivity (Wildman–Crippen MR) is 65.7 cm³/mol. The minimum Gasteiger partial charge on any atom is -0.204 e. The first-order chi connectivity index (χ1) is 8.15. The number of allylic oxidation sites excluding steroid dienone is 2. The molecule has 0 spiro atoms. The van der Waals surface area contributed by atoms with Gasteiger partial charge >= 0.3 is 0 Å². The van der Waals surface area contributed by atoms with Gasteiger partial charge in [-0.05, 0) is 55.2 Å². The normalized spacial score (nSPS) is 23.2. The molecule has 2 atom stereocenters. The van der Waals surface area contributed by atoms with Crippen LogP contribution in [0.1, 0.15) is 31.7 Å². The number of benzene rings is 1. The topological polar surface area (TPSA) is 0 Å². The monoisotopic (exact) mass is 236 g/mol. The molecule has 92 valence electrons. The first kappa shape index (κ1) is 12.3. The molecular weight excluding hydrogens is 218 g/mol. The second kappa shape index (κ2) is 5.44. The summed E-state index contributed by atoms with van der Waals surface area (Å²) in [4.78, 5) is 0. The third kappa shape index (κ3) is 3.39. The van der Waals surface area contributed by atoms with E-state index in [0.717, 1.165) is 24.8 Å². The first-order valence-corrected chi connectivity index (χ1v) is 6.27. The molecule has 1 aromatic carbocycles. The highest BCUT2D eigenvalue weighted by Gasteiger charge is 2.14. The molecule has 1 aliphatic carbocycles. The van der Waals surface area contributed by atoms with Crippen molar-refractivity contribution in [2.75, 3.05) is 0 Å². The van der Waals surface area contributed by atoms with Crippen molar-refractivity contribution >= 4 is 0 Å². The lowest BCUT2D eigenvalue weighted by molar-refractivity contribution is 0.495. The molecule has 2 rings (SSSR count). The molecule has 0 fully saturated rings. The molecule has 1 aromatic rings. The zero-order valence-corrected chi connectivity index (χ0v) is 10.1. The summed E-state index contributed by atoms with van der Waals surface area (Å²) < 4.78 is 25.7. The highest BCUT2D eigenvalue weighted by atomic mass is 19.2. The van der Waals surface area contributed by atoms with E-state index in [2.05, 4.69) is 19.1 Å². The van der Waals surface area contributed by atoms with Crippen molar-refractivity contribution in [1.29, 1.82) is 0 Å². The average Bonchev–Trinajstić information content (AvgIpc) is 2.70. The summed E-state index contributed by atoms with van der Waals surface area (Å²) in [6, 6.07) is 4.19. The highest BCUT2D eigenvalue weighted by molar-refractivity contribution is 5.17.